The van der Waals surface area contributed by atoms with Gasteiger partial charge < -0.3 is 4.18 Å². The Morgan fingerprint density at radius 1 is 1.03 bits per heavy atom. The maximum absolute atomic E-state index is 13.0. The summed E-state index contributed by atoms with van der Waals surface area (Å²) >= 11 is 2.56. The zero-order valence-corrected chi connectivity index (χ0v) is 19.6. The zero-order valence-electron chi connectivity index (χ0n) is 16.2. The maximum atomic E-state index is 13.0. The van der Waals surface area contributed by atoms with Crippen molar-refractivity contribution in [3.05, 3.63) is 50.5 Å². The summed E-state index contributed by atoms with van der Waals surface area (Å²) in [6.45, 7) is 6.01. The van der Waals surface area contributed by atoms with Gasteiger partial charge in [-0.3, -0.25) is 0 Å². The fourth-order valence-electron chi connectivity index (χ4n) is 2.67. The van der Waals surface area contributed by atoms with E-state index in [0.717, 1.165) is 18.1 Å². The smallest absolute Gasteiger partial charge is 0.366 e. The Labute approximate surface area is 178 Å². The second-order valence-electron chi connectivity index (χ2n) is 6.23. The van der Waals surface area contributed by atoms with Crippen LogP contribution >= 0.6 is 22.7 Å². The van der Waals surface area contributed by atoms with Crippen molar-refractivity contribution in [2.24, 2.45) is 0 Å². The van der Waals surface area contributed by atoms with Crippen LogP contribution < -0.4 is 0 Å². The summed E-state index contributed by atoms with van der Waals surface area (Å²) < 4.78 is 67.4. The van der Waals surface area contributed by atoms with Crippen molar-refractivity contribution in [3.63, 3.8) is 0 Å². The maximum Gasteiger partial charge on any atom is 0.534 e. The SMILES string of the molecule is CC[Si](C#CC(OS(=O)(=O)C(F)(F)F)=C(c1cccs1)c1cccs1)(CC)CC. The standard InChI is InChI=1S/C19H21F3O3S3Si/c1-4-29(5-2,6-3)14-11-15(25-28(23,24)19(20,21)22)18(16-9-7-12-26-16)17-10-8-13-27-17/h7-10,12-13H,4-6H2,1-3H3. The Bertz CT molecular complexity index is 948. The van der Waals surface area contributed by atoms with E-state index in [-0.39, 0.29) is 5.57 Å². The van der Waals surface area contributed by atoms with Gasteiger partial charge in [0.2, 0.25) is 5.76 Å². The molecule has 0 aliphatic carbocycles. The molecule has 0 saturated heterocycles. The summed E-state index contributed by atoms with van der Waals surface area (Å²) in [7, 11) is -7.91. The van der Waals surface area contributed by atoms with Crippen molar-refractivity contribution in [3.8, 4) is 11.5 Å². The second-order valence-corrected chi connectivity index (χ2v) is 14.6. The first-order valence-electron chi connectivity index (χ1n) is 8.95. The molecule has 0 amide bonds. The molecule has 0 aromatic carbocycles. The number of halogens is 3. The van der Waals surface area contributed by atoms with E-state index in [1.54, 1.807) is 35.0 Å². The lowest BCUT2D eigenvalue weighted by atomic mass is 10.1. The number of hydrogen-bond donors (Lipinski definition) is 0. The van der Waals surface area contributed by atoms with Crippen molar-refractivity contribution in [2.45, 2.75) is 44.4 Å². The van der Waals surface area contributed by atoms with E-state index in [1.165, 1.54) is 22.7 Å². The van der Waals surface area contributed by atoms with Crippen LogP contribution in [0.5, 0.6) is 0 Å². The van der Waals surface area contributed by atoms with Crippen molar-refractivity contribution in [2.75, 3.05) is 0 Å². The first-order chi connectivity index (χ1) is 13.6. The molecule has 0 atom stereocenters. The molecule has 3 nitrogen and oxygen atoms in total. The van der Waals surface area contributed by atoms with Crippen molar-refractivity contribution < 1.29 is 25.8 Å². The first-order valence-corrected chi connectivity index (χ1v) is 14.7. The van der Waals surface area contributed by atoms with E-state index >= 15 is 0 Å². The molecule has 0 spiro atoms. The van der Waals surface area contributed by atoms with Crippen LogP contribution in [0.25, 0.3) is 5.57 Å². The Kier molecular flexibility index (Phi) is 7.78. The number of hydrogen-bond acceptors (Lipinski definition) is 5. The molecule has 0 bridgehead atoms. The summed E-state index contributed by atoms with van der Waals surface area (Å²) in [6, 6.07) is 9.34. The minimum Gasteiger partial charge on any atom is -0.366 e. The van der Waals surface area contributed by atoms with E-state index in [1.807, 2.05) is 20.8 Å². The molecule has 0 aliphatic rings. The number of allylic oxidation sites excluding steroid dienone is 1. The monoisotopic (exact) mass is 478 g/mol. The zero-order chi connectivity index (χ0) is 21.7. The van der Waals surface area contributed by atoms with Crippen LogP contribution in [0.2, 0.25) is 18.1 Å². The van der Waals surface area contributed by atoms with Gasteiger partial charge in [-0.25, -0.2) is 0 Å². The van der Waals surface area contributed by atoms with E-state index < -0.39 is 29.5 Å². The highest BCUT2D eigenvalue weighted by molar-refractivity contribution is 7.87. The summed E-state index contributed by atoms with van der Waals surface area (Å²) in [6.07, 6.45) is 0. The molecule has 2 heterocycles. The van der Waals surface area contributed by atoms with Crippen LogP contribution in [0.15, 0.2) is 40.8 Å². The highest BCUT2D eigenvalue weighted by Gasteiger charge is 2.49. The lowest BCUT2D eigenvalue weighted by Gasteiger charge is -2.20. The van der Waals surface area contributed by atoms with Gasteiger partial charge in [0.25, 0.3) is 0 Å². The third kappa shape index (κ3) is 5.54. The summed E-state index contributed by atoms with van der Waals surface area (Å²) in [5.41, 5.74) is -2.13. The molecule has 0 saturated carbocycles. The molecular formula is C19H21F3O3S3Si. The number of rotatable bonds is 7. The fourth-order valence-corrected chi connectivity index (χ4v) is 7.15. The van der Waals surface area contributed by atoms with Gasteiger partial charge in [0.15, 0.2) is 0 Å². The van der Waals surface area contributed by atoms with E-state index in [4.69, 9.17) is 0 Å². The van der Waals surface area contributed by atoms with Crippen LogP contribution in [0.3, 0.4) is 0 Å². The molecule has 0 fully saturated rings. The molecule has 0 unspecified atom stereocenters. The lowest BCUT2D eigenvalue weighted by molar-refractivity contribution is -0.0518. The van der Waals surface area contributed by atoms with Gasteiger partial charge in [-0.15, -0.1) is 28.2 Å². The molecule has 0 N–H and O–H groups in total. The van der Waals surface area contributed by atoms with E-state index in [9.17, 15) is 21.6 Å². The Balaban J connectivity index is 2.77. The molecular weight excluding hydrogens is 457 g/mol. The first kappa shape index (κ1) is 23.7. The van der Waals surface area contributed by atoms with Gasteiger partial charge >= 0.3 is 15.6 Å². The molecule has 2 aromatic rings. The van der Waals surface area contributed by atoms with E-state index in [2.05, 4.69) is 15.6 Å². The molecule has 0 radical (unpaired) electrons. The highest BCUT2D eigenvalue weighted by Crippen LogP contribution is 2.36. The van der Waals surface area contributed by atoms with Crippen LogP contribution in [-0.4, -0.2) is 22.0 Å². The van der Waals surface area contributed by atoms with Gasteiger partial charge in [-0.05, 0) is 46.9 Å². The van der Waals surface area contributed by atoms with Crippen LogP contribution in [-0.2, 0) is 14.3 Å². The molecule has 29 heavy (non-hydrogen) atoms. The fraction of sp³-hybridized carbons (Fsp3) is 0.368. The molecule has 10 heteroatoms. The minimum atomic E-state index is -5.85. The van der Waals surface area contributed by atoms with E-state index in [0.29, 0.717) is 9.75 Å². The topological polar surface area (TPSA) is 43.4 Å². The minimum absolute atomic E-state index is 0.265. The average molecular weight is 479 g/mol. The third-order valence-corrected chi connectivity index (χ3v) is 12.2. The Hall–Kier alpha value is -1.54. The Morgan fingerprint density at radius 3 is 1.86 bits per heavy atom. The van der Waals surface area contributed by atoms with Gasteiger partial charge in [0, 0.05) is 9.75 Å². The number of thiophene rings is 2. The van der Waals surface area contributed by atoms with Crippen molar-refractivity contribution in [1.82, 2.24) is 0 Å². The van der Waals surface area contributed by atoms with Gasteiger partial charge in [-0.1, -0.05) is 32.9 Å². The summed E-state index contributed by atoms with van der Waals surface area (Å²) in [4.78, 5) is 1.18. The largest absolute Gasteiger partial charge is 0.534 e. The third-order valence-electron chi connectivity index (χ3n) is 4.71. The lowest BCUT2D eigenvalue weighted by Crippen LogP contribution is -2.30. The second kappa shape index (κ2) is 9.51. The predicted molar refractivity (Wildman–Crippen MR) is 116 cm³/mol. The van der Waals surface area contributed by atoms with Gasteiger partial charge in [-0.2, -0.15) is 21.6 Å². The number of alkyl halides is 3. The average Bonchev–Trinajstić information content (AvgIpc) is 3.37. The van der Waals surface area contributed by atoms with Crippen LogP contribution in [0.4, 0.5) is 13.2 Å². The molecule has 2 rings (SSSR count). The quantitative estimate of drug-likeness (QED) is 0.150. The highest BCUT2D eigenvalue weighted by atomic mass is 32.2. The molecule has 158 valence electrons. The molecule has 0 aliphatic heterocycles. The molecule has 2 aromatic heterocycles. The Morgan fingerprint density at radius 2 is 1.52 bits per heavy atom. The normalized spacial score (nSPS) is 12.2. The van der Waals surface area contributed by atoms with Gasteiger partial charge in [0.1, 0.15) is 8.07 Å². The summed E-state index contributed by atoms with van der Waals surface area (Å²) in [5.74, 6) is 2.25. The summed E-state index contributed by atoms with van der Waals surface area (Å²) in [5, 5.41) is 3.52. The predicted octanol–water partition coefficient (Wildman–Crippen LogP) is 6.49. The van der Waals surface area contributed by atoms with Crippen LogP contribution in [0.1, 0.15) is 30.5 Å². The van der Waals surface area contributed by atoms with Crippen molar-refractivity contribution in [1.29, 1.82) is 0 Å². The van der Waals surface area contributed by atoms with Gasteiger partial charge in [0.05, 0.1) is 5.57 Å². The van der Waals surface area contributed by atoms with Crippen molar-refractivity contribution >= 4 is 46.4 Å². The van der Waals surface area contributed by atoms with Crippen LogP contribution in [0, 0.1) is 11.5 Å².